The Morgan fingerprint density at radius 3 is 2.79 bits per heavy atom. The molecule has 6 heteroatoms. The molecule has 2 aromatic rings. The highest BCUT2D eigenvalue weighted by Crippen LogP contribution is 2.20. The number of rotatable bonds is 5. The number of hydrogen-bond acceptors (Lipinski definition) is 4. The summed E-state index contributed by atoms with van der Waals surface area (Å²) in [6.07, 6.45) is 1.44. The van der Waals surface area contributed by atoms with E-state index in [1.165, 1.54) is 18.1 Å². The first-order valence-electron chi connectivity index (χ1n) is 5.97. The van der Waals surface area contributed by atoms with E-state index in [1.807, 2.05) is 44.3 Å². The SMILES string of the molecule is C[C@@H](Sc1ncn[nH]1)C(=O)N(C)Cc1ccccc1. The second-order valence-corrected chi connectivity index (χ2v) is 5.56. The summed E-state index contributed by atoms with van der Waals surface area (Å²) in [5, 5.41) is 6.98. The highest BCUT2D eigenvalue weighted by molar-refractivity contribution is 8.00. The van der Waals surface area contributed by atoms with Crippen molar-refractivity contribution >= 4 is 17.7 Å². The van der Waals surface area contributed by atoms with Gasteiger partial charge in [-0.1, -0.05) is 42.1 Å². The molecule has 1 heterocycles. The van der Waals surface area contributed by atoms with Gasteiger partial charge in [-0.15, -0.1) is 0 Å². The maximum absolute atomic E-state index is 12.2. The van der Waals surface area contributed by atoms with E-state index in [1.54, 1.807) is 4.90 Å². The summed E-state index contributed by atoms with van der Waals surface area (Å²) < 4.78 is 0. The molecule has 0 fully saturated rings. The molecule has 0 saturated carbocycles. The predicted molar refractivity (Wildman–Crippen MR) is 74.6 cm³/mol. The molecule has 0 aliphatic carbocycles. The molecule has 0 spiro atoms. The number of H-pyrrole nitrogens is 1. The van der Waals surface area contributed by atoms with Crippen molar-refractivity contribution in [3.8, 4) is 0 Å². The zero-order chi connectivity index (χ0) is 13.7. The lowest BCUT2D eigenvalue weighted by Gasteiger charge is -2.20. The van der Waals surface area contributed by atoms with Gasteiger partial charge >= 0.3 is 0 Å². The van der Waals surface area contributed by atoms with E-state index < -0.39 is 0 Å². The molecular weight excluding hydrogens is 260 g/mol. The molecule has 5 nitrogen and oxygen atoms in total. The third-order valence-corrected chi connectivity index (χ3v) is 3.64. The van der Waals surface area contributed by atoms with Crippen molar-refractivity contribution in [2.45, 2.75) is 23.9 Å². The van der Waals surface area contributed by atoms with Crippen molar-refractivity contribution in [1.82, 2.24) is 20.1 Å². The van der Waals surface area contributed by atoms with Gasteiger partial charge in [0.2, 0.25) is 5.91 Å². The number of hydrogen-bond donors (Lipinski definition) is 1. The third kappa shape index (κ3) is 3.82. The quantitative estimate of drug-likeness (QED) is 0.848. The smallest absolute Gasteiger partial charge is 0.235 e. The number of carbonyl (C=O) groups is 1. The van der Waals surface area contributed by atoms with Gasteiger partial charge in [0.1, 0.15) is 6.33 Å². The number of aromatic amines is 1. The van der Waals surface area contributed by atoms with Crippen LogP contribution in [0.5, 0.6) is 0 Å². The van der Waals surface area contributed by atoms with Crippen LogP contribution in [-0.4, -0.2) is 38.3 Å². The van der Waals surface area contributed by atoms with E-state index in [0.717, 1.165) is 5.56 Å². The Balaban J connectivity index is 1.91. The first kappa shape index (κ1) is 13.6. The molecule has 0 aliphatic rings. The Labute approximate surface area is 116 Å². The van der Waals surface area contributed by atoms with Gasteiger partial charge in [-0.05, 0) is 12.5 Å². The van der Waals surface area contributed by atoms with Crippen LogP contribution in [0, 0.1) is 0 Å². The summed E-state index contributed by atoms with van der Waals surface area (Å²) in [7, 11) is 1.81. The molecular formula is C13H16N4OS. The fourth-order valence-corrected chi connectivity index (χ4v) is 2.54. The molecule has 1 aromatic carbocycles. The first-order chi connectivity index (χ1) is 9.16. The molecule has 0 unspecified atom stereocenters. The topological polar surface area (TPSA) is 61.9 Å². The normalized spacial score (nSPS) is 12.1. The summed E-state index contributed by atoms with van der Waals surface area (Å²) in [5.41, 5.74) is 1.12. The highest BCUT2D eigenvalue weighted by Gasteiger charge is 2.19. The van der Waals surface area contributed by atoms with Crippen LogP contribution >= 0.6 is 11.8 Å². The maximum Gasteiger partial charge on any atom is 0.235 e. The predicted octanol–water partition coefficient (Wildman–Crippen LogP) is 1.94. The number of nitrogens with one attached hydrogen (secondary N) is 1. The average molecular weight is 276 g/mol. The van der Waals surface area contributed by atoms with Crippen LogP contribution in [0.1, 0.15) is 12.5 Å². The van der Waals surface area contributed by atoms with Gasteiger partial charge in [0, 0.05) is 13.6 Å². The largest absolute Gasteiger partial charge is 0.340 e. The third-order valence-electron chi connectivity index (χ3n) is 2.67. The first-order valence-corrected chi connectivity index (χ1v) is 6.85. The summed E-state index contributed by atoms with van der Waals surface area (Å²) in [5.74, 6) is 0.0743. The molecule has 0 saturated heterocycles. The van der Waals surface area contributed by atoms with Crippen molar-refractivity contribution in [1.29, 1.82) is 0 Å². The molecule has 19 heavy (non-hydrogen) atoms. The molecule has 0 bridgehead atoms. The van der Waals surface area contributed by atoms with Crippen LogP contribution < -0.4 is 0 Å². The lowest BCUT2D eigenvalue weighted by molar-refractivity contribution is -0.129. The molecule has 1 aromatic heterocycles. The van der Waals surface area contributed by atoms with Crippen LogP contribution in [0.4, 0.5) is 0 Å². The van der Waals surface area contributed by atoms with Crippen LogP contribution in [0.2, 0.25) is 0 Å². The Morgan fingerprint density at radius 1 is 1.42 bits per heavy atom. The summed E-state index contributed by atoms with van der Waals surface area (Å²) >= 11 is 1.38. The molecule has 1 atom stereocenters. The number of carbonyl (C=O) groups excluding carboxylic acids is 1. The van der Waals surface area contributed by atoms with Crippen molar-refractivity contribution in [3.63, 3.8) is 0 Å². The van der Waals surface area contributed by atoms with E-state index >= 15 is 0 Å². The van der Waals surface area contributed by atoms with Crippen molar-refractivity contribution in [2.24, 2.45) is 0 Å². The summed E-state index contributed by atoms with van der Waals surface area (Å²) in [4.78, 5) is 17.9. The fraction of sp³-hybridized carbons (Fsp3) is 0.308. The Bertz CT molecular complexity index is 515. The van der Waals surface area contributed by atoms with Crippen molar-refractivity contribution in [2.75, 3.05) is 7.05 Å². The lowest BCUT2D eigenvalue weighted by Crippen LogP contribution is -2.32. The van der Waals surface area contributed by atoms with E-state index in [-0.39, 0.29) is 11.2 Å². The molecule has 100 valence electrons. The molecule has 0 aliphatic heterocycles. The Morgan fingerprint density at radius 2 is 2.16 bits per heavy atom. The number of thioether (sulfide) groups is 1. The van der Waals surface area contributed by atoms with Crippen molar-refractivity contribution < 1.29 is 4.79 Å². The van der Waals surface area contributed by atoms with Gasteiger partial charge in [0.25, 0.3) is 0 Å². The number of nitrogens with zero attached hydrogens (tertiary/aromatic N) is 3. The van der Waals surface area contributed by atoms with E-state index in [9.17, 15) is 4.79 Å². The van der Waals surface area contributed by atoms with Gasteiger partial charge in [-0.3, -0.25) is 9.89 Å². The monoisotopic (exact) mass is 276 g/mol. The van der Waals surface area contributed by atoms with Crippen LogP contribution in [0.25, 0.3) is 0 Å². The fourth-order valence-electron chi connectivity index (χ4n) is 1.71. The summed E-state index contributed by atoms with van der Waals surface area (Å²) in [6.45, 7) is 2.48. The van der Waals surface area contributed by atoms with E-state index in [4.69, 9.17) is 0 Å². The van der Waals surface area contributed by atoms with E-state index in [2.05, 4.69) is 15.2 Å². The number of benzene rings is 1. The van der Waals surface area contributed by atoms with Crippen LogP contribution in [-0.2, 0) is 11.3 Å². The minimum absolute atomic E-state index is 0.0743. The molecule has 1 amide bonds. The van der Waals surface area contributed by atoms with Crippen molar-refractivity contribution in [3.05, 3.63) is 42.2 Å². The van der Waals surface area contributed by atoms with Gasteiger partial charge < -0.3 is 4.90 Å². The Hall–Kier alpha value is -1.82. The van der Waals surface area contributed by atoms with Gasteiger partial charge in [-0.25, -0.2) is 4.98 Å². The zero-order valence-electron chi connectivity index (χ0n) is 10.9. The van der Waals surface area contributed by atoms with Gasteiger partial charge in [0.05, 0.1) is 5.25 Å². The second-order valence-electron chi connectivity index (χ2n) is 4.23. The lowest BCUT2D eigenvalue weighted by atomic mass is 10.2. The summed E-state index contributed by atoms with van der Waals surface area (Å²) in [6, 6.07) is 9.93. The zero-order valence-corrected chi connectivity index (χ0v) is 11.7. The van der Waals surface area contributed by atoms with Crippen LogP contribution in [0.3, 0.4) is 0 Å². The number of aromatic nitrogens is 3. The Kier molecular flexibility index (Phi) is 4.57. The second kappa shape index (κ2) is 6.38. The average Bonchev–Trinajstić information content (AvgIpc) is 2.91. The van der Waals surface area contributed by atoms with Crippen LogP contribution in [0.15, 0.2) is 41.8 Å². The number of amides is 1. The van der Waals surface area contributed by atoms with E-state index in [0.29, 0.717) is 11.7 Å². The maximum atomic E-state index is 12.2. The minimum Gasteiger partial charge on any atom is -0.340 e. The van der Waals surface area contributed by atoms with Gasteiger partial charge in [-0.2, -0.15) is 5.10 Å². The highest BCUT2D eigenvalue weighted by atomic mass is 32.2. The molecule has 0 radical (unpaired) electrons. The molecule has 1 N–H and O–H groups in total. The molecule has 2 rings (SSSR count). The standard InChI is InChI=1S/C13H16N4OS/c1-10(19-13-14-9-15-16-13)12(18)17(2)8-11-6-4-3-5-7-11/h3-7,9-10H,8H2,1-2H3,(H,14,15,16)/t10-/m1/s1. The van der Waals surface area contributed by atoms with Gasteiger partial charge in [0.15, 0.2) is 5.16 Å². The minimum atomic E-state index is -0.193.